The van der Waals surface area contributed by atoms with Crippen LogP contribution in [0.2, 0.25) is 0 Å². The van der Waals surface area contributed by atoms with Crippen LogP contribution in [0.1, 0.15) is 10.4 Å². The highest BCUT2D eigenvalue weighted by Crippen LogP contribution is 2.21. The summed E-state index contributed by atoms with van der Waals surface area (Å²) in [6.45, 7) is 0. The summed E-state index contributed by atoms with van der Waals surface area (Å²) in [5.74, 6) is 4.81. The molecule has 0 amide bonds. The van der Waals surface area contributed by atoms with E-state index < -0.39 is 0 Å². The fourth-order valence-electron chi connectivity index (χ4n) is 0.880. The summed E-state index contributed by atoms with van der Waals surface area (Å²) in [7, 11) is 1.34. The normalized spacial score (nSPS) is 9.46. The summed E-state index contributed by atoms with van der Waals surface area (Å²) in [6, 6.07) is 5.02. The van der Waals surface area contributed by atoms with Crippen molar-refractivity contribution in [1.82, 2.24) is 0 Å². The Morgan fingerprint density at radius 3 is 2.77 bits per heavy atom. The zero-order valence-electron chi connectivity index (χ0n) is 7.00. The Kier molecular flexibility index (Phi) is 3.27. The first-order chi connectivity index (χ1) is 6.19. The third kappa shape index (κ3) is 2.19. The highest BCUT2D eigenvalue weighted by molar-refractivity contribution is 9.10. The smallest absolute Gasteiger partial charge is 0.339 e. The van der Waals surface area contributed by atoms with Gasteiger partial charge in [0.2, 0.25) is 0 Å². The van der Waals surface area contributed by atoms with E-state index in [4.69, 9.17) is 5.84 Å². The molecule has 1 rings (SSSR count). The lowest BCUT2D eigenvalue weighted by atomic mass is 10.2. The summed E-state index contributed by atoms with van der Waals surface area (Å²) in [6.07, 6.45) is 0. The van der Waals surface area contributed by atoms with Gasteiger partial charge in [-0.2, -0.15) is 0 Å². The molecule has 0 fully saturated rings. The van der Waals surface area contributed by atoms with Gasteiger partial charge in [0.25, 0.3) is 0 Å². The van der Waals surface area contributed by atoms with Crippen LogP contribution in [0, 0.1) is 0 Å². The number of ether oxygens (including phenoxy) is 1. The maximum atomic E-state index is 11.1. The van der Waals surface area contributed by atoms with E-state index in [1.165, 1.54) is 7.11 Å². The third-order valence-corrected chi connectivity index (χ3v) is 2.20. The van der Waals surface area contributed by atoms with Crippen LogP contribution in [-0.4, -0.2) is 13.1 Å². The lowest BCUT2D eigenvalue weighted by molar-refractivity contribution is 0.0599. The summed E-state index contributed by atoms with van der Waals surface area (Å²) < 4.78 is 5.22. The van der Waals surface area contributed by atoms with Crippen molar-refractivity contribution in [1.29, 1.82) is 0 Å². The van der Waals surface area contributed by atoms with E-state index in [9.17, 15) is 4.79 Å². The molecule has 0 bridgehead atoms. The van der Waals surface area contributed by atoms with Gasteiger partial charge in [-0.3, -0.25) is 5.84 Å². The number of hydrazine groups is 1. The van der Waals surface area contributed by atoms with Crippen molar-refractivity contribution in [3.8, 4) is 0 Å². The SMILES string of the molecule is COC(=O)c1ccc(NN)cc1Br. The molecule has 4 nitrogen and oxygen atoms in total. The van der Waals surface area contributed by atoms with Gasteiger partial charge in [-0.15, -0.1) is 0 Å². The van der Waals surface area contributed by atoms with Crippen molar-refractivity contribution in [3.63, 3.8) is 0 Å². The van der Waals surface area contributed by atoms with Gasteiger partial charge in [-0.25, -0.2) is 4.79 Å². The Morgan fingerprint density at radius 2 is 2.31 bits per heavy atom. The predicted molar refractivity (Wildman–Crippen MR) is 53.3 cm³/mol. The molecule has 0 aromatic heterocycles. The fourth-order valence-corrected chi connectivity index (χ4v) is 1.42. The Bertz CT molecular complexity index is 328. The first kappa shape index (κ1) is 10.0. The molecule has 0 aliphatic heterocycles. The number of nitrogen functional groups attached to an aromatic ring is 1. The Labute approximate surface area is 84.2 Å². The van der Waals surface area contributed by atoms with E-state index >= 15 is 0 Å². The molecule has 0 saturated carbocycles. The first-order valence-corrected chi connectivity index (χ1v) is 4.33. The molecular weight excluding hydrogens is 236 g/mol. The Hall–Kier alpha value is -1.07. The van der Waals surface area contributed by atoms with Gasteiger partial charge < -0.3 is 10.2 Å². The van der Waals surface area contributed by atoms with E-state index in [1.807, 2.05) is 0 Å². The first-order valence-electron chi connectivity index (χ1n) is 3.53. The molecule has 0 heterocycles. The molecule has 5 heteroatoms. The Balaban J connectivity index is 3.05. The van der Waals surface area contributed by atoms with Gasteiger partial charge in [0.1, 0.15) is 0 Å². The van der Waals surface area contributed by atoms with Crippen molar-refractivity contribution in [2.75, 3.05) is 12.5 Å². The lowest BCUT2D eigenvalue weighted by Gasteiger charge is -2.04. The second-order valence-electron chi connectivity index (χ2n) is 2.33. The number of esters is 1. The van der Waals surface area contributed by atoms with Crippen molar-refractivity contribution in [3.05, 3.63) is 28.2 Å². The van der Waals surface area contributed by atoms with Crippen LogP contribution in [0.25, 0.3) is 0 Å². The zero-order valence-corrected chi connectivity index (χ0v) is 8.59. The molecule has 0 aliphatic rings. The van der Waals surface area contributed by atoms with Crippen molar-refractivity contribution >= 4 is 27.6 Å². The van der Waals surface area contributed by atoms with Crippen LogP contribution >= 0.6 is 15.9 Å². The van der Waals surface area contributed by atoms with Crippen LogP contribution in [0.15, 0.2) is 22.7 Å². The molecular formula is C8H9BrN2O2. The molecule has 1 aromatic carbocycles. The number of carbonyl (C=O) groups is 1. The number of hydrogen-bond acceptors (Lipinski definition) is 4. The summed E-state index contributed by atoms with van der Waals surface area (Å²) in [4.78, 5) is 11.1. The molecule has 70 valence electrons. The lowest BCUT2D eigenvalue weighted by Crippen LogP contribution is -2.08. The minimum Gasteiger partial charge on any atom is -0.465 e. The highest BCUT2D eigenvalue weighted by Gasteiger charge is 2.09. The summed E-state index contributed by atoms with van der Waals surface area (Å²) >= 11 is 3.23. The van der Waals surface area contributed by atoms with Gasteiger partial charge in [0, 0.05) is 10.2 Å². The minimum absolute atomic E-state index is 0.379. The second kappa shape index (κ2) is 4.25. The number of nitrogens with two attached hydrogens (primary N) is 1. The van der Waals surface area contributed by atoms with E-state index in [0.29, 0.717) is 10.0 Å². The van der Waals surface area contributed by atoms with Crippen LogP contribution in [0.5, 0.6) is 0 Å². The minimum atomic E-state index is -0.379. The monoisotopic (exact) mass is 244 g/mol. The quantitative estimate of drug-likeness (QED) is 0.471. The molecule has 0 saturated heterocycles. The van der Waals surface area contributed by atoms with Gasteiger partial charge in [-0.1, -0.05) is 0 Å². The van der Waals surface area contributed by atoms with Gasteiger partial charge in [0.15, 0.2) is 0 Å². The number of carbonyl (C=O) groups excluding carboxylic acids is 1. The number of halogens is 1. The molecule has 0 unspecified atom stereocenters. The maximum absolute atomic E-state index is 11.1. The molecule has 0 spiro atoms. The van der Waals surface area contributed by atoms with E-state index in [-0.39, 0.29) is 5.97 Å². The van der Waals surface area contributed by atoms with E-state index in [2.05, 4.69) is 26.1 Å². The molecule has 0 atom stereocenters. The predicted octanol–water partition coefficient (Wildman–Crippen LogP) is 1.52. The molecule has 0 aliphatic carbocycles. The number of methoxy groups -OCH3 is 1. The fraction of sp³-hybridized carbons (Fsp3) is 0.125. The van der Waals surface area contributed by atoms with Crippen molar-refractivity contribution < 1.29 is 9.53 Å². The largest absolute Gasteiger partial charge is 0.465 e. The number of benzene rings is 1. The van der Waals surface area contributed by atoms with E-state index in [0.717, 1.165) is 5.69 Å². The van der Waals surface area contributed by atoms with Gasteiger partial charge in [-0.05, 0) is 34.1 Å². The standard InChI is InChI=1S/C8H9BrN2O2/c1-13-8(12)6-3-2-5(11-10)4-7(6)9/h2-4,11H,10H2,1H3. The average Bonchev–Trinajstić information content (AvgIpc) is 2.16. The van der Waals surface area contributed by atoms with Crippen LogP contribution in [-0.2, 0) is 4.74 Å². The van der Waals surface area contributed by atoms with Crippen molar-refractivity contribution in [2.24, 2.45) is 5.84 Å². The topological polar surface area (TPSA) is 64.3 Å². The molecule has 1 aromatic rings. The highest BCUT2D eigenvalue weighted by atomic mass is 79.9. The summed E-state index contributed by atoms with van der Waals surface area (Å²) in [5, 5.41) is 0. The Morgan fingerprint density at radius 1 is 1.62 bits per heavy atom. The third-order valence-electron chi connectivity index (χ3n) is 1.54. The second-order valence-corrected chi connectivity index (χ2v) is 3.18. The van der Waals surface area contributed by atoms with Gasteiger partial charge >= 0.3 is 5.97 Å². The van der Waals surface area contributed by atoms with Crippen molar-refractivity contribution in [2.45, 2.75) is 0 Å². The summed E-state index contributed by atoms with van der Waals surface area (Å²) in [5.41, 5.74) is 3.67. The number of rotatable bonds is 2. The van der Waals surface area contributed by atoms with Gasteiger partial charge in [0.05, 0.1) is 12.7 Å². The molecule has 3 N–H and O–H groups in total. The molecule has 0 radical (unpaired) electrons. The van der Waals surface area contributed by atoms with E-state index in [1.54, 1.807) is 18.2 Å². The average molecular weight is 245 g/mol. The van der Waals surface area contributed by atoms with Crippen LogP contribution < -0.4 is 11.3 Å². The zero-order chi connectivity index (χ0) is 9.84. The number of nitrogens with one attached hydrogen (secondary N) is 1. The molecule has 13 heavy (non-hydrogen) atoms. The maximum Gasteiger partial charge on any atom is 0.339 e. The van der Waals surface area contributed by atoms with Crippen LogP contribution in [0.3, 0.4) is 0 Å². The number of hydrogen-bond donors (Lipinski definition) is 2. The number of anilines is 1. The van der Waals surface area contributed by atoms with Crippen LogP contribution in [0.4, 0.5) is 5.69 Å².